The summed E-state index contributed by atoms with van der Waals surface area (Å²) in [5, 5.41) is 11.3. The van der Waals surface area contributed by atoms with Crippen molar-refractivity contribution in [2.24, 2.45) is 0 Å². The first-order valence-electron chi connectivity index (χ1n) is 9.84. The highest BCUT2D eigenvalue weighted by molar-refractivity contribution is 7.22. The zero-order valence-electron chi connectivity index (χ0n) is 17.1. The average molecular weight is 448 g/mol. The maximum atomic E-state index is 13.7. The third-order valence-electron chi connectivity index (χ3n) is 5.35. The van der Waals surface area contributed by atoms with Crippen LogP contribution in [0.15, 0.2) is 64.6 Å². The van der Waals surface area contributed by atoms with Gasteiger partial charge in [-0.15, -0.1) is 0 Å². The molecule has 1 atom stereocenters. The summed E-state index contributed by atoms with van der Waals surface area (Å²) in [4.78, 5) is 31.9. The molecule has 32 heavy (non-hydrogen) atoms. The number of benzene rings is 2. The molecule has 160 valence electrons. The summed E-state index contributed by atoms with van der Waals surface area (Å²) in [5.74, 6) is -1.48. The summed E-state index contributed by atoms with van der Waals surface area (Å²) < 4.78 is 20.0. The van der Waals surface area contributed by atoms with E-state index in [4.69, 9.17) is 4.42 Å². The van der Waals surface area contributed by atoms with Crippen LogP contribution in [0.5, 0.6) is 0 Å². The van der Waals surface area contributed by atoms with Gasteiger partial charge in [0.2, 0.25) is 0 Å². The molecule has 1 aliphatic rings. The van der Waals surface area contributed by atoms with E-state index in [9.17, 15) is 19.1 Å². The molecule has 5 rings (SSSR count). The van der Waals surface area contributed by atoms with Crippen molar-refractivity contribution in [3.8, 4) is 0 Å². The molecule has 2 aromatic heterocycles. The molecule has 0 spiro atoms. The number of rotatable bonds is 3. The fraction of sp³-hybridized carbons (Fsp3) is 0.125. The SMILES string of the molecule is Cc1ccc(C(O)=C2C(=O)C(=O)N(c3nc4ccc(F)cc4s3)C2c2ccc(C)o2)cc1. The van der Waals surface area contributed by atoms with Crippen LogP contribution in [-0.4, -0.2) is 21.8 Å². The van der Waals surface area contributed by atoms with Gasteiger partial charge < -0.3 is 9.52 Å². The number of anilines is 1. The Morgan fingerprint density at radius 2 is 1.84 bits per heavy atom. The lowest BCUT2D eigenvalue weighted by Crippen LogP contribution is -2.29. The molecule has 4 aromatic rings. The van der Waals surface area contributed by atoms with Crippen LogP contribution < -0.4 is 4.90 Å². The van der Waals surface area contributed by atoms with Crippen molar-refractivity contribution in [2.75, 3.05) is 4.90 Å². The van der Waals surface area contributed by atoms with Crippen LogP contribution >= 0.6 is 11.3 Å². The molecule has 8 heteroatoms. The maximum absolute atomic E-state index is 13.7. The number of thiazole rings is 1. The normalized spacial score (nSPS) is 18.1. The average Bonchev–Trinajstić information content (AvgIpc) is 3.44. The van der Waals surface area contributed by atoms with Gasteiger partial charge in [0, 0.05) is 5.56 Å². The Labute approximate surface area is 186 Å². The Kier molecular flexibility index (Phi) is 4.67. The number of aromatic nitrogens is 1. The number of halogens is 1. The summed E-state index contributed by atoms with van der Waals surface area (Å²) in [5.41, 5.74) is 1.81. The van der Waals surface area contributed by atoms with Crippen molar-refractivity contribution in [3.63, 3.8) is 0 Å². The summed E-state index contributed by atoms with van der Waals surface area (Å²) in [7, 11) is 0. The number of amides is 1. The van der Waals surface area contributed by atoms with Gasteiger partial charge in [-0.2, -0.15) is 0 Å². The smallest absolute Gasteiger partial charge is 0.302 e. The van der Waals surface area contributed by atoms with Crippen LogP contribution in [0, 0.1) is 19.7 Å². The van der Waals surface area contributed by atoms with E-state index in [1.165, 1.54) is 23.1 Å². The standard InChI is InChI=1S/C24H17FN2O4S/c1-12-3-6-14(7-4-12)21(28)19-20(17-10-5-13(2)31-17)27(23(30)22(19)29)24-26-16-9-8-15(25)11-18(16)32-24/h3-11,20,28H,1-2H3. The predicted octanol–water partition coefficient (Wildman–Crippen LogP) is 5.27. The van der Waals surface area contributed by atoms with Gasteiger partial charge >= 0.3 is 5.91 Å². The molecule has 0 bridgehead atoms. The molecule has 0 saturated carbocycles. The molecular weight excluding hydrogens is 431 g/mol. The van der Waals surface area contributed by atoms with E-state index in [1.54, 1.807) is 43.3 Å². The minimum Gasteiger partial charge on any atom is -0.507 e. The number of carbonyl (C=O) groups is 2. The fourth-order valence-electron chi connectivity index (χ4n) is 3.76. The number of fused-ring (bicyclic) bond motifs is 1. The summed E-state index contributed by atoms with van der Waals surface area (Å²) in [6.45, 7) is 3.65. The van der Waals surface area contributed by atoms with Crippen LogP contribution in [-0.2, 0) is 9.59 Å². The number of aryl methyl sites for hydroxylation is 2. The van der Waals surface area contributed by atoms with Crippen molar-refractivity contribution in [1.29, 1.82) is 0 Å². The highest BCUT2D eigenvalue weighted by atomic mass is 32.1. The third kappa shape index (κ3) is 3.20. The van der Waals surface area contributed by atoms with Crippen molar-refractivity contribution in [3.05, 3.63) is 88.6 Å². The quantitative estimate of drug-likeness (QED) is 0.262. The van der Waals surface area contributed by atoms with E-state index in [0.717, 1.165) is 16.9 Å². The maximum Gasteiger partial charge on any atom is 0.302 e. The van der Waals surface area contributed by atoms with Crippen LogP contribution in [0.3, 0.4) is 0 Å². The van der Waals surface area contributed by atoms with Crippen molar-refractivity contribution >= 4 is 44.1 Å². The second-order valence-corrected chi connectivity index (χ2v) is 8.60. The Morgan fingerprint density at radius 3 is 2.53 bits per heavy atom. The van der Waals surface area contributed by atoms with Crippen LogP contribution in [0.4, 0.5) is 9.52 Å². The van der Waals surface area contributed by atoms with Gasteiger partial charge in [0.15, 0.2) is 5.13 Å². The van der Waals surface area contributed by atoms with Gasteiger partial charge in [0.05, 0.1) is 15.8 Å². The van der Waals surface area contributed by atoms with Gasteiger partial charge in [0.25, 0.3) is 5.78 Å². The third-order valence-corrected chi connectivity index (χ3v) is 6.36. The molecule has 6 nitrogen and oxygen atoms in total. The van der Waals surface area contributed by atoms with Crippen molar-refractivity contribution in [1.82, 2.24) is 4.98 Å². The zero-order valence-corrected chi connectivity index (χ0v) is 17.9. The van der Waals surface area contributed by atoms with Crippen molar-refractivity contribution in [2.45, 2.75) is 19.9 Å². The lowest BCUT2D eigenvalue weighted by molar-refractivity contribution is -0.132. The van der Waals surface area contributed by atoms with Crippen LogP contribution in [0.25, 0.3) is 16.0 Å². The Morgan fingerprint density at radius 1 is 1.09 bits per heavy atom. The first kappa shape index (κ1) is 20.1. The zero-order chi connectivity index (χ0) is 22.6. The number of Topliss-reactive ketones (excluding diaryl/α,β-unsaturated/α-hetero) is 1. The van der Waals surface area contributed by atoms with Crippen LogP contribution in [0.2, 0.25) is 0 Å². The largest absolute Gasteiger partial charge is 0.507 e. The molecule has 1 aliphatic heterocycles. The second-order valence-electron chi connectivity index (χ2n) is 7.59. The van der Waals surface area contributed by atoms with E-state index in [2.05, 4.69) is 4.98 Å². The number of aliphatic hydroxyl groups is 1. The monoisotopic (exact) mass is 448 g/mol. The van der Waals surface area contributed by atoms with Crippen LogP contribution in [0.1, 0.15) is 28.7 Å². The van der Waals surface area contributed by atoms with Gasteiger partial charge in [-0.3, -0.25) is 14.5 Å². The van der Waals surface area contributed by atoms with Gasteiger partial charge in [0.1, 0.15) is 29.1 Å². The molecule has 1 unspecified atom stereocenters. The van der Waals surface area contributed by atoms with E-state index < -0.39 is 23.5 Å². The highest BCUT2D eigenvalue weighted by Crippen LogP contribution is 2.44. The molecule has 1 fully saturated rings. The minimum atomic E-state index is -1.00. The summed E-state index contributed by atoms with van der Waals surface area (Å²) in [6.07, 6.45) is 0. The topological polar surface area (TPSA) is 83.6 Å². The number of furan rings is 1. The molecule has 2 aromatic carbocycles. The Hall–Kier alpha value is -3.78. The van der Waals surface area contributed by atoms with Gasteiger partial charge in [-0.25, -0.2) is 9.37 Å². The molecule has 1 N–H and O–H groups in total. The fourth-order valence-corrected chi connectivity index (χ4v) is 4.77. The number of hydrogen-bond donors (Lipinski definition) is 1. The van der Waals surface area contributed by atoms with Gasteiger partial charge in [-0.1, -0.05) is 41.2 Å². The first-order chi connectivity index (χ1) is 15.3. The number of carbonyl (C=O) groups excluding carboxylic acids is 2. The summed E-state index contributed by atoms with van der Waals surface area (Å²) in [6, 6.07) is 13.5. The Bertz CT molecular complexity index is 1420. The predicted molar refractivity (Wildman–Crippen MR) is 119 cm³/mol. The lowest BCUT2D eigenvalue weighted by Gasteiger charge is -2.20. The second kappa shape index (κ2) is 7.42. The minimum absolute atomic E-state index is 0.0846. The molecule has 0 radical (unpaired) electrons. The number of hydrogen-bond acceptors (Lipinski definition) is 6. The molecule has 3 heterocycles. The molecule has 0 aliphatic carbocycles. The van der Waals surface area contributed by atoms with E-state index in [0.29, 0.717) is 27.3 Å². The van der Waals surface area contributed by atoms with Gasteiger partial charge in [-0.05, 0) is 44.2 Å². The van der Waals surface area contributed by atoms with E-state index in [1.807, 2.05) is 6.92 Å². The Balaban J connectivity index is 1.72. The number of aliphatic hydroxyl groups excluding tert-OH is 1. The lowest BCUT2D eigenvalue weighted by atomic mass is 9.99. The molecule has 1 amide bonds. The first-order valence-corrected chi connectivity index (χ1v) is 10.7. The molecular formula is C24H17FN2O4S. The highest BCUT2D eigenvalue weighted by Gasteiger charge is 2.49. The van der Waals surface area contributed by atoms with E-state index in [-0.39, 0.29) is 16.5 Å². The van der Waals surface area contributed by atoms with Crippen molar-refractivity contribution < 1.29 is 23.5 Å². The van der Waals surface area contributed by atoms with E-state index >= 15 is 0 Å². The molecule has 1 saturated heterocycles. The summed E-state index contributed by atoms with van der Waals surface area (Å²) >= 11 is 1.09. The number of nitrogens with zero attached hydrogens (tertiary/aromatic N) is 2. The number of ketones is 1.